The normalized spacial score (nSPS) is 30.6. The van der Waals surface area contributed by atoms with Crippen LogP contribution in [0.25, 0.3) is 10.9 Å². The van der Waals surface area contributed by atoms with E-state index in [1.54, 1.807) is 0 Å². The van der Waals surface area contributed by atoms with E-state index in [-0.39, 0.29) is 31.2 Å². The Morgan fingerprint density at radius 2 is 1.77 bits per heavy atom. The number of alkyl carbamates (subject to hydrolysis) is 1. The Morgan fingerprint density at radius 1 is 1.02 bits per heavy atom. The van der Waals surface area contributed by atoms with Crippen LogP contribution in [-0.2, 0) is 42.2 Å². The number of benzene rings is 2. The largest absolute Gasteiger partial charge is 0.488 e. The summed E-state index contributed by atoms with van der Waals surface area (Å²) in [5.74, 6) is -1.54. The number of hydrogen-bond donors (Lipinski definition) is 3. The molecule has 14 nitrogen and oxygen atoms in total. The second-order valence-corrected chi connectivity index (χ2v) is 20.2. The fraction of sp³-hybridized carbons (Fsp3) is 0.511. The Balaban J connectivity index is 1.08. The van der Waals surface area contributed by atoms with Crippen LogP contribution in [0.3, 0.4) is 0 Å². The van der Waals surface area contributed by atoms with E-state index in [4.69, 9.17) is 19.2 Å². The van der Waals surface area contributed by atoms with Gasteiger partial charge in [0.25, 0.3) is 5.91 Å². The molecule has 9 rings (SSSR count). The molecule has 2 aliphatic heterocycles. The Morgan fingerprint density at radius 3 is 2.52 bits per heavy atom. The number of hydrogen-bond acceptors (Lipinski definition) is 10. The van der Waals surface area contributed by atoms with Crippen molar-refractivity contribution in [2.75, 3.05) is 6.54 Å². The van der Waals surface area contributed by atoms with Gasteiger partial charge in [-0.05, 0) is 88.3 Å². The van der Waals surface area contributed by atoms with E-state index in [0.717, 1.165) is 42.2 Å². The first-order valence-electron chi connectivity index (χ1n) is 22.1. The van der Waals surface area contributed by atoms with Crippen LogP contribution in [0.1, 0.15) is 88.7 Å². The summed E-state index contributed by atoms with van der Waals surface area (Å²) in [5.41, 5.74) is 0.133. The number of carbonyl (C=O) groups excluding carboxylic acids is 4. The second kappa shape index (κ2) is 16.7. The van der Waals surface area contributed by atoms with Gasteiger partial charge in [0.05, 0.1) is 22.9 Å². The van der Waals surface area contributed by atoms with E-state index < -0.39 is 74.3 Å². The molecule has 15 heteroatoms. The molecule has 3 aromatic rings. The van der Waals surface area contributed by atoms with Crippen molar-refractivity contribution in [2.45, 2.75) is 125 Å². The average molecular weight is 866 g/mol. The van der Waals surface area contributed by atoms with Crippen molar-refractivity contribution in [3.63, 3.8) is 0 Å². The number of pyridine rings is 1. The summed E-state index contributed by atoms with van der Waals surface area (Å²) in [4.78, 5) is 63.5. The van der Waals surface area contributed by atoms with Crippen molar-refractivity contribution in [1.82, 2.24) is 25.2 Å². The molecule has 62 heavy (non-hydrogen) atoms. The zero-order valence-corrected chi connectivity index (χ0v) is 35.9. The third-order valence-corrected chi connectivity index (χ3v) is 15.6. The van der Waals surface area contributed by atoms with Gasteiger partial charge < -0.3 is 29.7 Å². The average Bonchev–Trinajstić information content (AvgIpc) is 4.21. The van der Waals surface area contributed by atoms with E-state index in [1.807, 2.05) is 61.5 Å². The summed E-state index contributed by atoms with van der Waals surface area (Å²) in [7, 11) is -3.92. The van der Waals surface area contributed by atoms with Gasteiger partial charge >= 0.3 is 6.09 Å². The number of para-hydroxylation sites is 1. The van der Waals surface area contributed by atoms with Gasteiger partial charge in [-0.2, -0.15) is 0 Å². The lowest BCUT2D eigenvalue weighted by atomic mass is 9.96. The molecule has 3 heterocycles. The molecule has 4 aliphatic carbocycles. The smallest absolute Gasteiger partial charge is 0.408 e. The standard InChI is InChI=1S/C47H55N5O9S/c1-3-31-26-47(31,44(55)51-62(57,58)34-22-23-34)50-41(53)38-24-33-27-52(38)43(54)39(30-16-10-11-17-30)49-45(56)61-46(2)25-32(46)18-8-5-9-20-36-40(59-28-29-14-6-4-7-15-29)35-19-12-13-21-37(35)48-42(36)60-33/h3-7,9,12-15,19,21,30-34,38-39H,1,8,10-11,16-18,20,22-28H2,2H3,(H,49,56)(H,50,53)(H,51,55)/b9-5+/t31-,32+,33-,38+,39+,46+,47-/m1/s1. The van der Waals surface area contributed by atoms with E-state index in [0.29, 0.717) is 62.3 Å². The topological polar surface area (TPSA) is 182 Å². The number of amides is 4. The number of allylic oxidation sites excluding steroid dienone is 2. The molecule has 5 fully saturated rings. The Labute approximate surface area is 362 Å². The van der Waals surface area contributed by atoms with Gasteiger partial charge in [-0.15, -0.1) is 6.58 Å². The third kappa shape index (κ3) is 8.52. The first-order valence-corrected chi connectivity index (χ1v) is 23.6. The molecule has 0 spiro atoms. The summed E-state index contributed by atoms with van der Waals surface area (Å²) in [6, 6.07) is 15.4. The maximum absolute atomic E-state index is 15.0. The number of carbonyl (C=O) groups is 4. The minimum atomic E-state index is -3.92. The molecule has 0 radical (unpaired) electrons. The van der Waals surface area contributed by atoms with Crippen molar-refractivity contribution in [2.24, 2.45) is 17.8 Å². The third-order valence-electron chi connectivity index (χ3n) is 13.8. The highest BCUT2D eigenvalue weighted by molar-refractivity contribution is 7.91. The van der Waals surface area contributed by atoms with Gasteiger partial charge in [0.15, 0.2) is 0 Å². The number of sulfonamides is 1. The van der Waals surface area contributed by atoms with E-state index in [9.17, 15) is 22.8 Å². The predicted octanol–water partition coefficient (Wildman–Crippen LogP) is 5.79. The van der Waals surface area contributed by atoms with E-state index in [1.165, 1.54) is 11.0 Å². The van der Waals surface area contributed by atoms with Crippen molar-refractivity contribution in [3.8, 4) is 11.6 Å². The first kappa shape index (κ1) is 41.9. The Hall–Kier alpha value is -5.44. The quantitative estimate of drug-likeness (QED) is 0.211. The monoisotopic (exact) mass is 865 g/mol. The number of aromatic nitrogens is 1. The van der Waals surface area contributed by atoms with Crippen LogP contribution in [0.2, 0.25) is 0 Å². The molecule has 4 amide bonds. The molecule has 4 saturated carbocycles. The van der Waals surface area contributed by atoms with Crippen molar-refractivity contribution in [3.05, 3.63) is 90.5 Å². The van der Waals surface area contributed by atoms with Crippen LogP contribution >= 0.6 is 0 Å². The van der Waals surface area contributed by atoms with Crippen molar-refractivity contribution < 1.29 is 41.8 Å². The van der Waals surface area contributed by atoms with Crippen LogP contribution in [-0.4, -0.2) is 83.2 Å². The van der Waals surface area contributed by atoms with Crippen molar-refractivity contribution in [1.29, 1.82) is 0 Å². The van der Waals surface area contributed by atoms with Crippen LogP contribution < -0.4 is 24.8 Å². The molecule has 328 valence electrons. The first-order chi connectivity index (χ1) is 29.9. The van der Waals surface area contributed by atoms with E-state index >= 15 is 4.79 Å². The summed E-state index contributed by atoms with van der Waals surface area (Å²) >= 11 is 0. The van der Waals surface area contributed by atoms with Gasteiger partial charge in [0.2, 0.25) is 27.7 Å². The molecular weight excluding hydrogens is 811 g/mol. The molecule has 2 aromatic carbocycles. The number of rotatable bonds is 10. The highest BCUT2D eigenvalue weighted by Crippen LogP contribution is 2.50. The number of ether oxygens (including phenoxy) is 3. The predicted molar refractivity (Wildman–Crippen MR) is 230 cm³/mol. The van der Waals surface area contributed by atoms with Crippen molar-refractivity contribution >= 4 is 44.7 Å². The number of nitrogens with one attached hydrogen (secondary N) is 3. The Kier molecular flexibility index (Phi) is 11.3. The lowest BCUT2D eigenvalue weighted by Crippen LogP contribution is -2.59. The molecule has 1 saturated heterocycles. The zero-order valence-electron chi connectivity index (χ0n) is 35.1. The van der Waals surface area contributed by atoms with Gasteiger partial charge in [-0.3, -0.25) is 19.1 Å². The fourth-order valence-electron chi connectivity index (χ4n) is 9.72. The SMILES string of the molecule is C=C[C@@H]1C[C@]1(NC(=O)[C@@H]1C[C@@H]2CN1C(=O)[C@H](C1CCCC1)NC(=O)O[C@@]1(C)C[C@@H]1CC/C=C/Cc1c(nc3ccccc3c1OCc1ccccc1)O2)C(=O)NS(=O)(=O)C1CC1. The van der Waals surface area contributed by atoms with Crippen LogP contribution in [0, 0.1) is 17.8 Å². The van der Waals surface area contributed by atoms with Gasteiger partial charge in [0, 0.05) is 23.6 Å². The lowest BCUT2D eigenvalue weighted by Gasteiger charge is -2.32. The minimum Gasteiger partial charge on any atom is -0.488 e. The molecule has 1 aromatic heterocycles. The van der Waals surface area contributed by atoms with Crippen LogP contribution in [0.5, 0.6) is 11.6 Å². The van der Waals surface area contributed by atoms with E-state index in [2.05, 4.69) is 34.1 Å². The summed E-state index contributed by atoms with van der Waals surface area (Å²) in [5, 5.41) is 5.98. The molecule has 7 atom stereocenters. The highest BCUT2D eigenvalue weighted by atomic mass is 32.2. The Bertz CT molecular complexity index is 2400. The molecular formula is C47H55N5O9S. The van der Waals surface area contributed by atoms with Gasteiger partial charge in [-0.25, -0.2) is 18.2 Å². The van der Waals surface area contributed by atoms with Gasteiger partial charge in [0.1, 0.15) is 41.7 Å². The molecule has 6 aliphatic rings. The molecule has 2 bridgehead atoms. The van der Waals surface area contributed by atoms with Crippen LogP contribution in [0.15, 0.2) is 79.4 Å². The highest BCUT2D eigenvalue weighted by Gasteiger charge is 2.62. The van der Waals surface area contributed by atoms with Crippen LogP contribution in [0.4, 0.5) is 4.79 Å². The fourth-order valence-corrected chi connectivity index (χ4v) is 11.1. The zero-order chi connectivity index (χ0) is 43.2. The summed E-state index contributed by atoms with van der Waals surface area (Å²) in [6.07, 6.45) is 11.3. The lowest BCUT2D eigenvalue weighted by molar-refractivity contribution is -0.142. The molecule has 0 unspecified atom stereocenters. The number of fused-ring (bicyclic) bond motifs is 5. The molecule has 3 N–H and O–H groups in total. The number of nitrogens with zero attached hydrogens (tertiary/aromatic N) is 2. The minimum absolute atomic E-state index is 0.0270. The maximum Gasteiger partial charge on any atom is 0.408 e. The maximum atomic E-state index is 15.0. The summed E-state index contributed by atoms with van der Waals surface area (Å²) in [6.45, 7) is 6.03. The second-order valence-electron chi connectivity index (χ2n) is 18.2. The van der Waals surface area contributed by atoms with Gasteiger partial charge in [-0.1, -0.05) is 73.5 Å². The summed E-state index contributed by atoms with van der Waals surface area (Å²) < 4.78 is 47.5.